The summed E-state index contributed by atoms with van der Waals surface area (Å²) in [4.78, 5) is 18.7. The Bertz CT molecular complexity index is 1070. The number of hydrogen-bond acceptors (Lipinski definition) is 4. The third kappa shape index (κ3) is 3.83. The molecule has 1 aliphatic rings. The molecule has 150 valence electrons. The van der Waals surface area contributed by atoms with Crippen molar-refractivity contribution in [2.24, 2.45) is 0 Å². The molecule has 29 heavy (non-hydrogen) atoms. The molecule has 0 radical (unpaired) electrons. The number of halogens is 2. The average Bonchev–Trinajstić information content (AvgIpc) is 3.33. The second-order valence-electron chi connectivity index (χ2n) is 7.18. The number of amides is 2. The van der Waals surface area contributed by atoms with E-state index in [1.807, 2.05) is 32.0 Å². The van der Waals surface area contributed by atoms with E-state index in [-0.39, 0.29) is 23.3 Å². The van der Waals surface area contributed by atoms with E-state index in [4.69, 9.17) is 4.52 Å². The molecule has 1 aromatic heterocycles. The monoisotopic (exact) mass is 398 g/mol. The Labute approximate surface area is 166 Å². The van der Waals surface area contributed by atoms with Crippen LogP contribution in [0.5, 0.6) is 0 Å². The maximum Gasteiger partial charge on any atom is 0.322 e. The first-order valence-corrected chi connectivity index (χ1v) is 9.36. The summed E-state index contributed by atoms with van der Waals surface area (Å²) in [5.41, 5.74) is 2.88. The van der Waals surface area contributed by atoms with Gasteiger partial charge in [-0.3, -0.25) is 0 Å². The molecule has 2 heterocycles. The SMILES string of the molecule is Cc1ccc(NC(=O)N2CCCC2c2nc(-c3ccc(F)cc3F)no2)c(C)c1. The summed E-state index contributed by atoms with van der Waals surface area (Å²) in [6.07, 6.45) is 1.45. The molecule has 2 amide bonds. The van der Waals surface area contributed by atoms with Crippen molar-refractivity contribution < 1.29 is 18.1 Å². The number of hydrogen-bond donors (Lipinski definition) is 1. The quantitative estimate of drug-likeness (QED) is 0.674. The third-order valence-electron chi connectivity index (χ3n) is 5.04. The number of benzene rings is 2. The van der Waals surface area contributed by atoms with Gasteiger partial charge < -0.3 is 14.7 Å². The number of nitrogens with one attached hydrogen (secondary N) is 1. The molecule has 1 saturated heterocycles. The Hall–Kier alpha value is -3.29. The summed E-state index contributed by atoms with van der Waals surface area (Å²) in [5, 5.41) is 6.74. The third-order valence-corrected chi connectivity index (χ3v) is 5.04. The number of aryl methyl sites for hydroxylation is 2. The molecule has 0 aliphatic carbocycles. The van der Waals surface area contributed by atoms with E-state index < -0.39 is 17.7 Å². The summed E-state index contributed by atoms with van der Waals surface area (Å²) in [6.45, 7) is 4.47. The van der Waals surface area contributed by atoms with E-state index in [9.17, 15) is 13.6 Å². The molecule has 2 aromatic carbocycles. The molecule has 1 fully saturated rings. The van der Waals surface area contributed by atoms with Gasteiger partial charge in [0, 0.05) is 18.3 Å². The lowest BCUT2D eigenvalue weighted by Crippen LogP contribution is -2.34. The van der Waals surface area contributed by atoms with E-state index in [1.54, 1.807) is 4.90 Å². The lowest BCUT2D eigenvalue weighted by Gasteiger charge is -2.22. The largest absolute Gasteiger partial charge is 0.337 e. The highest BCUT2D eigenvalue weighted by molar-refractivity contribution is 5.90. The first kappa shape index (κ1) is 19.0. The fraction of sp³-hybridized carbons (Fsp3) is 0.286. The van der Waals surface area contributed by atoms with E-state index in [1.165, 1.54) is 6.07 Å². The number of nitrogens with zero attached hydrogens (tertiary/aromatic N) is 3. The normalized spacial score (nSPS) is 16.3. The zero-order valence-corrected chi connectivity index (χ0v) is 16.1. The van der Waals surface area contributed by atoms with Crippen LogP contribution in [-0.2, 0) is 0 Å². The van der Waals surface area contributed by atoms with Crippen LogP contribution in [0.4, 0.5) is 19.3 Å². The molecule has 0 spiro atoms. The van der Waals surface area contributed by atoms with Crippen molar-refractivity contribution in [3.8, 4) is 11.4 Å². The van der Waals surface area contributed by atoms with Gasteiger partial charge in [-0.1, -0.05) is 22.9 Å². The Morgan fingerprint density at radius 2 is 2.03 bits per heavy atom. The Morgan fingerprint density at radius 3 is 2.79 bits per heavy atom. The first-order valence-electron chi connectivity index (χ1n) is 9.36. The van der Waals surface area contributed by atoms with Gasteiger partial charge in [-0.25, -0.2) is 13.6 Å². The Morgan fingerprint density at radius 1 is 1.21 bits per heavy atom. The van der Waals surface area contributed by atoms with Gasteiger partial charge in [0.15, 0.2) is 0 Å². The molecule has 0 bridgehead atoms. The van der Waals surface area contributed by atoms with Gasteiger partial charge >= 0.3 is 6.03 Å². The van der Waals surface area contributed by atoms with Gasteiger partial charge in [0.05, 0.1) is 5.56 Å². The smallest absolute Gasteiger partial charge is 0.322 e. The van der Waals surface area contributed by atoms with Crippen molar-refractivity contribution in [2.45, 2.75) is 32.7 Å². The summed E-state index contributed by atoms with van der Waals surface area (Å²) < 4.78 is 32.4. The standard InChI is InChI=1S/C21H20F2N4O2/c1-12-5-8-17(13(2)10-12)24-21(28)27-9-3-4-18(27)20-25-19(26-29-20)15-7-6-14(22)11-16(15)23/h5-8,10-11,18H,3-4,9H2,1-2H3,(H,24,28). The van der Waals surface area contributed by atoms with Gasteiger partial charge in [-0.2, -0.15) is 4.98 Å². The Balaban J connectivity index is 1.54. The van der Waals surface area contributed by atoms with Crippen LogP contribution < -0.4 is 5.32 Å². The molecule has 1 N–H and O–H groups in total. The summed E-state index contributed by atoms with van der Waals surface area (Å²) in [5.74, 6) is -1.19. The van der Waals surface area contributed by atoms with Crippen LogP contribution in [0.2, 0.25) is 0 Å². The Kier molecular flexibility index (Phi) is 5.00. The van der Waals surface area contributed by atoms with Crippen LogP contribution in [0.3, 0.4) is 0 Å². The number of aromatic nitrogens is 2. The topological polar surface area (TPSA) is 71.3 Å². The number of carbonyl (C=O) groups is 1. The molecule has 3 aromatic rings. The molecule has 8 heteroatoms. The molecule has 1 atom stereocenters. The summed E-state index contributed by atoms with van der Waals surface area (Å²) >= 11 is 0. The highest BCUT2D eigenvalue weighted by Gasteiger charge is 2.34. The average molecular weight is 398 g/mol. The maximum atomic E-state index is 14.0. The van der Waals surface area contributed by atoms with E-state index in [2.05, 4.69) is 15.5 Å². The minimum atomic E-state index is -0.770. The minimum Gasteiger partial charge on any atom is -0.337 e. The van der Waals surface area contributed by atoms with Crippen molar-refractivity contribution in [1.82, 2.24) is 15.0 Å². The lowest BCUT2D eigenvalue weighted by atomic mass is 10.1. The van der Waals surface area contributed by atoms with Crippen LogP contribution >= 0.6 is 0 Å². The predicted octanol–water partition coefficient (Wildman–Crippen LogP) is 5.00. The van der Waals surface area contributed by atoms with Gasteiger partial charge in [-0.15, -0.1) is 0 Å². The van der Waals surface area contributed by atoms with Gasteiger partial charge in [0.25, 0.3) is 0 Å². The number of rotatable bonds is 3. The molecular weight excluding hydrogens is 378 g/mol. The summed E-state index contributed by atoms with van der Waals surface area (Å²) in [6, 6.07) is 8.31. The second-order valence-corrected chi connectivity index (χ2v) is 7.18. The summed E-state index contributed by atoms with van der Waals surface area (Å²) in [7, 11) is 0. The van der Waals surface area contributed by atoms with Crippen LogP contribution in [0, 0.1) is 25.5 Å². The highest BCUT2D eigenvalue weighted by atomic mass is 19.1. The predicted molar refractivity (Wildman–Crippen MR) is 103 cm³/mol. The van der Waals surface area contributed by atoms with Crippen LogP contribution in [-0.4, -0.2) is 27.6 Å². The number of urea groups is 1. The van der Waals surface area contributed by atoms with Crippen LogP contribution in [0.25, 0.3) is 11.4 Å². The molecule has 1 aliphatic heterocycles. The van der Waals surface area contributed by atoms with E-state index in [0.717, 1.165) is 35.4 Å². The molecular formula is C21H20F2N4O2. The molecule has 0 saturated carbocycles. The molecule has 4 rings (SSSR count). The van der Waals surface area contributed by atoms with Crippen molar-refractivity contribution >= 4 is 11.7 Å². The van der Waals surface area contributed by atoms with Crippen molar-refractivity contribution in [3.05, 3.63) is 65.1 Å². The highest BCUT2D eigenvalue weighted by Crippen LogP contribution is 2.33. The van der Waals surface area contributed by atoms with Gasteiger partial charge in [-0.05, 0) is 50.5 Å². The van der Waals surface area contributed by atoms with Crippen LogP contribution in [0.15, 0.2) is 40.9 Å². The number of anilines is 1. The number of likely N-dealkylation sites (tertiary alicyclic amines) is 1. The van der Waals surface area contributed by atoms with Gasteiger partial charge in [0.2, 0.25) is 11.7 Å². The maximum absolute atomic E-state index is 14.0. The van der Waals surface area contributed by atoms with Gasteiger partial charge in [0.1, 0.15) is 17.7 Å². The second kappa shape index (κ2) is 7.62. The molecule has 6 nitrogen and oxygen atoms in total. The zero-order chi connectivity index (χ0) is 20.5. The van der Waals surface area contributed by atoms with Crippen molar-refractivity contribution in [3.63, 3.8) is 0 Å². The van der Waals surface area contributed by atoms with Crippen molar-refractivity contribution in [2.75, 3.05) is 11.9 Å². The zero-order valence-electron chi connectivity index (χ0n) is 16.1. The lowest BCUT2D eigenvalue weighted by molar-refractivity contribution is 0.193. The minimum absolute atomic E-state index is 0.0270. The fourth-order valence-corrected chi connectivity index (χ4v) is 3.56. The van der Waals surface area contributed by atoms with Crippen LogP contribution in [0.1, 0.15) is 35.9 Å². The first-order chi connectivity index (χ1) is 13.9. The van der Waals surface area contributed by atoms with Crippen molar-refractivity contribution in [1.29, 1.82) is 0 Å². The molecule has 1 unspecified atom stereocenters. The fourth-order valence-electron chi connectivity index (χ4n) is 3.56. The van der Waals surface area contributed by atoms with E-state index >= 15 is 0 Å². The van der Waals surface area contributed by atoms with E-state index in [0.29, 0.717) is 13.0 Å². The number of carbonyl (C=O) groups excluding carboxylic acids is 1.